The van der Waals surface area contributed by atoms with E-state index < -0.39 is 23.9 Å². The standard InChI is InChI=1S/C38H45N5O7.C20H20N2O3.C8H14N2O2S.Y/c1-22-14-26(16-28(15-22)42-37(47)25(4)41-36(46)24(3)40-35(45)13-9-6-10-23(2)44)21-50-34-19-31-30(18-33(34)49-5)38(48)43-29(20-39-31)17-27-11-7-8-12-32(27)43;1-4-25-19-11-17-15(10-18(19)24-3)20(23)22-14(12-21(17)2)9-13-7-5-6-8-16(13)22;1-9-3-4-10-7(11)5-6(13-2)8(10)12;/h7-8,11-12,14-16,18-19,24-25,29,39H,6,9-10,13,17,20-21H2,1-5H3,(H,40,45)(H,41,46)(H,42,47);5-8,10-11,14H,4,9H2,1-3H3;6,9H,3-5H2,1-2H3;/t24-,25-,29-;14-;;/m00../s1. The molecule has 5 aromatic carbocycles. The predicted octanol–water partition coefficient (Wildman–Crippen LogP) is 7.27. The number of thioether (sulfide) groups is 1. The number of imide groups is 1. The minimum absolute atomic E-state index is 0. The van der Waals surface area contributed by atoms with Gasteiger partial charge in [0.05, 0.1) is 49.1 Å². The van der Waals surface area contributed by atoms with Gasteiger partial charge in [-0.2, -0.15) is 11.8 Å². The van der Waals surface area contributed by atoms with Gasteiger partial charge in [0.2, 0.25) is 35.4 Å². The first-order valence-corrected chi connectivity index (χ1v) is 30.8. The number of fused-ring (bicyclic) bond motifs is 8. The molecule has 21 nitrogen and oxygen atoms in total. The number of aryl methyl sites for hydroxylation is 1. The number of nitrogens with zero attached hydrogens (tertiary/aromatic N) is 4. The maximum absolute atomic E-state index is 13.8. The van der Waals surface area contributed by atoms with Gasteiger partial charge in [-0.25, -0.2) is 0 Å². The van der Waals surface area contributed by atoms with Crippen LogP contribution in [0, 0.1) is 6.92 Å². The maximum Gasteiger partial charge on any atom is 0.260 e. The first-order valence-electron chi connectivity index (χ1n) is 29.6. The molecule has 5 aliphatic heterocycles. The molecule has 5 aliphatic rings. The van der Waals surface area contributed by atoms with E-state index in [-0.39, 0.29) is 98.4 Å². The molecule has 5 N–H and O–H groups in total. The number of anilines is 4. The number of hydrogen-bond donors (Lipinski definition) is 5. The second-order valence-corrected chi connectivity index (χ2v) is 23.1. The van der Waals surface area contributed by atoms with Crippen LogP contribution in [-0.2, 0) is 80.9 Å². The third-order valence-electron chi connectivity index (χ3n) is 15.6. The van der Waals surface area contributed by atoms with E-state index in [1.54, 1.807) is 52.3 Å². The molecule has 7 amide bonds. The number of hydrogen-bond acceptors (Lipinski definition) is 15. The van der Waals surface area contributed by atoms with Gasteiger partial charge in [0.25, 0.3) is 5.91 Å². The molecular weight excluding hydrogens is 1230 g/mol. The van der Waals surface area contributed by atoms with Crippen LogP contribution in [0.3, 0.4) is 0 Å². The largest absolute Gasteiger partial charge is 0.493 e. The van der Waals surface area contributed by atoms with Crippen molar-refractivity contribution in [3.05, 3.63) is 124 Å². The molecule has 0 bridgehead atoms. The zero-order valence-electron chi connectivity index (χ0n) is 52.2. The SMILES string of the molecule is CCOc1cc2c(cc1OC)C(=O)N1c3ccccc3C[C@H]1[C-]=[N+]2C.CNCCN1C(=O)CC(SC)C1=O.COc1cc2c(cc1OCc1cc(C)cc(NC(=O)[C@H](C)NC(=O)[C@H](C)NC(=O)CCCCC(C)=O)c1)NC[C@@H]1Cc3ccccc3N1C2=O.[Y]. The fourth-order valence-corrected chi connectivity index (χ4v) is 11.8. The van der Waals surface area contributed by atoms with Gasteiger partial charge < -0.3 is 64.7 Å². The zero-order chi connectivity index (χ0) is 63.3. The van der Waals surface area contributed by atoms with Crippen LogP contribution < -0.4 is 55.3 Å². The number of rotatable bonds is 21. The molecule has 0 saturated carbocycles. The summed E-state index contributed by atoms with van der Waals surface area (Å²) in [5, 5.41) is 14.3. The van der Waals surface area contributed by atoms with Crippen molar-refractivity contribution < 1.29 is 94.6 Å². The number of nitrogens with one attached hydrogen (secondary N) is 5. The van der Waals surface area contributed by atoms with E-state index in [0.29, 0.717) is 97.4 Å². The van der Waals surface area contributed by atoms with Gasteiger partial charge in [0.15, 0.2) is 17.2 Å². The molecule has 10 rings (SSSR count). The topological polar surface area (TPSA) is 246 Å². The van der Waals surface area contributed by atoms with E-state index in [1.165, 1.54) is 36.3 Å². The number of likely N-dealkylation sites (tertiary alicyclic amines) is 1. The number of unbranched alkanes of at least 4 members (excludes halogenated alkanes) is 1. The van der Waals surface area contributed by atoms with Crippen LogP contribution in [0.5, 0.6) is 23.0 Å². The van der Waals surface area contributed by atoms with Crippen molar-refractivity contribution in [1.29, 1.82) is 0 Å². The van der Waals surface area contributed by atoms with Crippen molar-refractivity contribution in [3.63, 3.8) is 0 Å². The molecule has 89 heavy (non-hydrogen) atoms. The normalized spacial score (nSPS) is 17.2. The van der Waals surface area contributed by atoms with Crippen molar-refractivity contribution in [2.24, 2.45) is 0 Å². The molecule has 1 saturated heterocycles. The minimum atomic E-state index is -0.874. The van der Waals surface area contributed by atoms with Crippen LogP contribution >= 0.6 is 11.8 Å². The van der Waals surface area contributed by atoms with Crippen LogP contribution in [0.4, 0.5) is 28.4 Å². The molecule has 0 spiro atoms. The van der Waals surface area contributed by atoms with E-state index in [4.69, 9.17) is 18.9 Å². The molecule has 469 valence electrons. The van der Waals surface area contributed by atoms with Gasteiger partial charge in [-0.05, 0) is 138 Å². The van der Waals surface area contributed by atoms with Gasteiger partial charge in [-0.3, -0.25) is 38.5 Å². The number of ether oxygens (including phenoxy) is 4. The summed E-state index contributed by atoms with van der Waals surface area (Å²) >= 11 is 1.45. The Morgan fingerprint density at radius 3 is 2.04 bits per heavy atom. The molecule has 5 atom stereocenters. The van der Waals surface area contributed by atoms with Gasteiger partial charge in [-0.1, -0.05) is 42.5 Å². The Hall–Kier alpha value is -7.66. The molecular formula is C66H79N9O12SY. The summed E-state index contributed by atoms with van der Waals surface area (Å²) in [4.78, 5) is 104. The van der Waals surface area contributed by atoms with E-state index in [0.717, 1.165) is 46.6 Å². The van der Waals surface area contributed by atoms with Gasteiger partial charge in [0, 0.05) is 113 Å². The summed E-state index contributed by atoms with van der Waals surface area (Å²) in [6.45, 7) is 10.9. The van der Waals surface area contributed by atoms with Crippen LogP contribution in [0.15, 0.2) is 91.0 Å². The third-order valence-corrected chi connectivity index (χ3v) is 16.6. The van der Waals surface area contributed by atoms with Crippen molar-refractivity contribution in [2.75, 3.05) is 81.2 Å². The van der Waals surface area contributed by atoms with E-state index in [9.17, 15) is 38.4 Å². The Morgan fingerprint density at radius 1 is 0.764 bits per heavy atom. The van der Waals surface area contributed by atoms with E-state index in [2.05, 4.69) is 44.9 Å². The summed E-state index contributed by atoms with van der Waals surface area (Å²) < 4.78 is 24.9. The van der Waals surface area contributed by atoms with Crippen molar-refractivity contribution in [2.45, 2.75) is 116 Å². The van der Waals surface area contributed by atoms with Crippen molar-refractivity contribution in [1.82, 2.24) is 20.9 Å². The number of carbonyl (C=O) groups excluding carboxylic acids is 8. The monoisotopic (exact) mass is 1310 g/mol. The first kappa shape index (κ1) is 68.8. The Balaban J connectivity index is 0.000000237. The molecule has 5 heterocycles. The van der Waals surface area contributed by atoms with Crippen molar-refractivity contribution >= 4 is 93.5 Å². The number of carbonyl (C=O) groups is 8. The van der Waals surface area contributed by atoms with E-state index in [1.807, 2.05) is 96.1 Å². The first-order chi connectivity index (χ1) is 42.3. The predicted molar refractivity (Wildman–Crippen MR) is 339 cm³/mol. The van der Waals surface area contributed by atoms with Gasteiger partial charge in [-0.15, -0.1) is 0 Å². The summed E-state index contributed by atoms with van der Waals surface area (Å²) in [6, 6.07) is 26.9. The Labute approximate surface area is 549 Å². The minimum Gasteiger partial charge on any atom is -0.493 e. The molecule has 23 heteroatoms. The fraction of sp³-hybridized carbons (Fsp3) is 0.409. The second kappa shape index (κ2) is 31.7. The maximum atomic E-state index is 13.8. The summed E-state index contributed by atoms with van der Waals surface area (Å²) in [7, 11) is 6.84. The van der Waals surface area contributed by atoms with Gasteiger partial charge >= 0.3 is 0 Å². The summed E-state index contributed by atoms with van der Waals surface area (Å²) in [5.74, 6) is 0.754. The summed E-state index contributed by atoms with van der Waals surface area (Å²) in [6.07, 6.45) is 9.00. The molecule has 5 aromatic rings. The zero-order valence-corrected chi connectivity index (χ0v) is 55.9. The molecule has 0 aromatic heterocycles. The number of Topliss-reactive ketones (excluding diaryl/α,β-unsaturated/α-hetero) is 1. The average Bonchev–Trinajstić information content (AvgIpc) is 1.97. The fourth-order valence-electron chi connectivity index (χ4n) is 11.2. The Kier molecular flexibility index (Phi) is 24.5. The average molecular weight is 1310 g/mol. The number of para-hydroxylation sites is 2. The van der Waals surface area contributed by atoms with Crippen LogP contribution in [0.1, 0.15) is 103 Å². The van der Waals surface area contributed by atoms with Crippen molar-refractivity contribution in [3.8, 4) is 23.0 Å². The summed E-state index contributed by atoms with van der Waals surface area (Å²) in [5.41, 5.74) is 8.97. The van der Waals surface area contributed by atoms with Crippen LogP contribution in [0.2, 0.25) is 0 Å². The smallest absolute Gasteiger partial charge is 0.260 e. The number of methoxy groups -OCH3 is 2. The molecule has 1 radical (unpaired) electrons. The number of amides is 7. The number of ketones is 1. The molecule has 0 aliphatic carbocycles. The number of benzene rings is 5. The van der Waals surface area contributed by atoms with Crippen LogP contribution in [-0.4, -0.2) is 153 Å². The van der Waals surface area contributed by atoms with E-state index >= 15 is 0 Å². The Bertz CT molecular complexity index is 3510. The van der Waals surface area contributed by atoms with Crippen LogP contribution in [0.25, 0.3) is 0 Å². The van der Waals surface area contributed by atoms with Gasteiger partial charge in [0.1, 0.15) is 37.3 Å². The quantitative estimate of drug-likeness (QED) is 0.0210. The molecule has 1 fully saturated rings. The second-order valence-electron chi connectivity index (χ2n) is 22.1. The molecule has 1 unspecified atom stereocenters. The third kappa shape index (κ3) is 16.6. The Morgan fingerprint density at radius 2 is 1.39 bits per heavy atom. The number of likely N-dealkylation sites (N-methyl/N-ethyl adjacent to an activating group) is 1.